The molecule has 0 aliphatic heterocycles. The summed E-state index contributed by atoms with van der Waals surface area (Å²) in [7, 11) is 1.37. The third-order valence-corrected chi connectivity index (χ3v) is 4.79. The summed E-state index contributed by atoms with van der Waals surface area (Å²) in [6.07, 6.45) is 0.830. The van der Waals surface area contributed by atoms with E-state index in [4.69, 9.17) is 14.7 Å². The van der Waals surface area contributed by atoms with E-state index >= 15 is 0 Å². The molecule has 1 atom stereocenters. The van der Waals surface area contributed by atoms with Gasteiger partial charge >= 0.3 is 5.97 Å². The molecule has 1 N–H and O–H groups in total. The molecule has 0 saturated heterocycles. The summed E-state index contributed by atoms with van der Waals surface area (Å²) in [6, 6.07) is 24.0. The van der Waals surface area contributed by atoms with Gasteiger partial charge in [-0.1, -0.05) is 43.3 Å². The van der Waals surface area contributed by atoms with Crippen LogP contribution < -0.4 is 10.1 Å². The molecular weight excluding hydrogens is 376 g/mol. The first kappa shape index (κ1) is 20.9. The fourth-order valence-electron chi connectivity index (χ4n) is 3.10. The highest BCUT2D eigenvalue weighted by Gasteiger charge is 2.25. The Bertz CT molecular complexity index is 1020. The number of carbonyl (C=O) groups excluding carboxylic acids is 1. The smallest absolute Gasteiger partial charge is 0.333 e. The first-order valence-corrected chi connectivity index (χ1v) is 9.78. The van der Waals surface area contributed by atoms with E-state index in [1.165, 1.54) is 7.11 Å². The van der Waals surface area contributed by atoms with Crippen LogP contribution in [-0.2, 0) is 22.6 Å². The third-order valence-electron chi connectivity index (χ3n) is 4.79. The van der Waals surface area contributed by atoms with Gasteiger partial charge in [-0.05, 0) is 53.9 Å². The molecule has 3 aromatic carbocycles. The summed E-state index contributed by atoms with van der Waals surface area (Å²) in [5.41, 5.74) is 4.10. The Morgan fingerprint density at radius 3 is 2.40 bits per heavy atom. The maximum Gasteiger partial charge on any atom is 0.333 e. The van der Waals surface area contributed by atoms with Crippen molar-refractivity contribution in [3.05, 3.63) is 95.1 Å². The monoisotopic (exact) mass is 400 g/mol. The second kappa shape index (κ2) is 10.1. The van der Waals surface area contributed by atoms with Crippen molar-refractivity contribution < 1.29 is 14.3 Å². The van der Waals surface area contributed by atoms with Gasteiger partial charge in [-0.2, -0.15) is 5.26 Å². The minimum Gasteiger partial charge on any atom is -0.489 e. The molecule has 3 rings (SSSR count). The Morgan fingerprint density at radius 2 is 1.77 bits per heavy atom. The molecule has 0 amide bonds. The van der Waals surface area contributed by atoms with Gasteiger partial charge in [0.2, 0.25) is 0 Å². The van der Waals surface area contributed by atoms with Crippen molar-refractivity contribution >= 4 is 11.7 Å². The summed E-state index contributed by atoms with van der Waals surface area (Å²) < 4.78 is 11.1. The number of aryl methyl sites for hydroxylation is 1. The number of ether oxygens (including phenoxy) is 2. The number of rotatable bonds is 8. The average molecular weight is 400 g/mol. The summed E-state index contributed by atoms with van der Waals surface area (Å²) in [5.74, 6) is 0.199. The van der Waals surface area contributed by atoms with Crippen molar-refractivity contribution in [2.45, 2.75) is 26.0 Å². The van der Waals surface area contributed by atoms with Crippen LogP contribution in [0, 0.1) is 11.3 Å². The highest BCUT2D eigenvalue weighted by molar-refractivity contribution is 5.82. The number of methoxy groups -OCH3 is 1. The molecule has 0 spiro atoms. The van der Waals surface area contributed by atoms with Crippen molar-refractivity contribution in [1.82, 2.24) is 0 Å². The lowest BCUT2D eigenvalue weighted by Gasteiger charge is -2.22. The Balaban J connectivity index is 1.93. The molecule has 1 unspecified atom stereocenters. The number of nitriles is 1. The lowest BCUT2D eigenvalue weighted by molar-refractivity contribution is -0.141. The molecule has 0 fully saturated rings. The zero-order chi connectivity index (χ0) is 21.3. The highest BCUT2D eigenvalue weighted by atomic mass is 16.5. The molecule has 0 heterocycles. The summed E-state index contributed by atoms with van der Waals surface area (Å²) in [5, 5.41) is 12.2. The van der Waals surface area contributed by atoms with Crippen molar-refractivity contribution in [2.75, 3.05) is 12.4 Å². The van der Waals surface area contributed by atoms with Gasteiger partial charge in [0.15, 0.2) is 6.04 Å². The fourth-order valence-corrected chi connectivity index (χ4v) is 3.10. The van der Waals surface area contributed by atoms with E-state index in [-0.39, 0.29) is 0 Å². The maximum atomic E-state index is 12.7. The SMILES string of the molecule is CCc1ccc(OCc2ccccc2)c(C(Nc2ccc(C#N)cc2)C(=O)OC)c1. The topological polar surface area (TPSA) is 71.3 Å². The van der Waals surface area contributed by atoms with E-state index in [1.807, 2.05) is 48.5 Å². The second-order valence-corrected chi connectivity index (χ2v) is 6.79. The lowest BCUT2D eigenvalue weighted by atomic mass is 10.0. The van der Waals surface area contributed by atoms with Crippen LogP contribution in [0.1, 0.15) is 35.2 Å². The van der Waals surface area contributed by atoms with E-state index in [2.05, 4.69) is 18.3 Å². The Morgan fingerprint density at radius 1 is 1.03 bits per heavy atom. The highest BCUT2D eigenvalue weighted by Crippen LogP contribution is 2.31. The van der Waals surface area contributed by atoms with Gasteiger partial charge in [0.1, 0.15) is 12.4 Å². The van der Waals surface area contributed by atoms with Gasteiger partial charge in [0, 0.05) is 11.3 Å². The summed E-state index contributed by atoms with van der Waals surface area (Å²) in [6.45, 7) is 2.45. The van der Waals surface area contributed by atoms with Crippen molar-refractivity contribution in [1.29, 1.82) is 5.26 Å². The zero-order valence-electron chi connectivity index (χ0n) is 17.1. The molecule has 30 heavy (non-hydrogen) atoms. The van der Waals surface area contributed by atoms with Crippen LogP contribution >= 0.6 is 0 Å². The number of nitrogens with one attached hydrogen (secondary N) is 1. The lowest BCUT2D eigenvalue weighted by Crippen LogP contribution is -2.23. The Kier molecular flexibility index (Phi) is 7.07. The fraction of sp³-hybridized carbons (Fsp3) is 0.200. The van der Waals surface area contributed by atoms with Crippen molar-refractivity contribution in [3.63, 3.8) is 0 Å². The van der Waals surface area contributed by atoms with Crippen molar-refractivity contribution in [2.24, 2.45) is 0 Å². The van der Waals surface area contributed by atoms with Crippen LogP contribution in [-0.4, -0.2) is 13.1 Å². The molecule has 0 radical (unpaired) electrons. The molecule has 0 aromatic heterocycles. The predicted octanol–water partition coefficient (Wildman–Crippen LogP) is 5.03. The van der Waals surface area contributed by atoms with Gasteiger partial charge in [0.25, 0.3) is 0 Å². The molecule has 3 aromatic rings. The standard InChI is InChI=1S/C25H24N2O3/c1-3-18-11-14-23(30-17-20-7-5-4-6-8-20)22(15-18)24(25(28)29-2)27-21-12-9-19(16-26)10-13-21/h4-15,24,27H,3,17H2,1-2H3. The number of hydrogen-bond donors (Lipinski definition) is 1. The number of carbonyl (C=O) groups is 1. The largest absolute Gasteiger partial charge is 0.489 e. The molecule has 0 aliphatic rings. The average Bonchev–Trinajstić information content (AvgIpc) is 2.81. The number of hydrogen-bond acceptors (Lipinski definition) is 5. The third kappa shape index (κ3) is 5.18. The minimum atomic E-state index is -0.750. The number of anilines is 1. The predicted molar refractivity (Wildman–Crippen MR) is 116 cm³/mol. The van der Waals surface area contributed by atoms with E-state index < -0.39 is 12.0 Å². The molecule has 0 bridgehead atoms. The number of nitrogens with zero attached hydrogens (tertiary/aromatic N) is 1. The van der Waals surface area contributed by atoms with Crippen LogP contribution in [0.5, 0.6) is 5.75 Å². The van der Waals surface area contributed by atoms with E-state index in [0.29, 0.717) is 29.2 Å². The summed E-state index contributed by atoms with van der Waals surface area (Å²) >= 11 is 0. The van der Waals surface area contributed by atoms with Crippen LogP contribution in [0.2, 0.25) is 0 Å². The maximum absolute atomic E-state index is 12.7. The number of benzene rings is 3. The molecule has 0 aliphatic carbocycles. The second-order valence-electron chi connectivity index (χ2n) is 6.79. The first-order chi connectivity index (χ1) is 14.6. The van der Waals surface area contributed by atoms with Crippen LogP contribution in [0.15, 0.2) is 72.8 Å². The molecule has 152 valence electrons. The normalized spacial score (nSPS) is 11.2. The molecule has 5 nitrogen and oxygen atoms in total. The van der Waals surface area contributed by atoms with E-state index in [0.717, 1.165) is 17.5 Å². The van der Waals surface area contributed by atoms with Crippen molar-refractivity contribution in [3.8, 4) is 11.8 Å². The quantitative estimate of drug-likeness (QED) is 0.537. The molecule has 5 heteroatoms. The van der Waals surface area contributed by atoms with Crippen LogP contribution in [0.3, 0.4) is 0 Å². The summed E-state index contributed by atoms with van der Waals surface area (Å²) in [4.78, 5) is 12.7. The van der Waals surface area contributed by atoms with Gasteiger partial charge in [-0.15, -0.1) is 0 Å². The van der Waals surface area contributed by atoms with Gasteiger partial charge in [0.05, 0.1) is 18.7 Å². The minimum absolute atomic E-state index is 0.393. The van der Waals surface area contributed by atoms with Gasteiger partial charge in [-0.3, -0.25) is 0 Å². The molecular formula is C25H24N2O3. The van der Waals surface area contributed by atoms with Gasteiger partial charge < -0.3 is 14.8 Å². The van der Waals surface area contributed by atoms with Crippen LogP contribution in [0.25, 0.3) is 0 Å². The first-order valence-electron chi connectivity index (χ1n) is 9.78. The number of esters is 1. The van der Waals surface area contributed by atoms with Gasteiger partial charge in [-0.25, -0.2) is 4.79 Å². The van der Waals surface area contributed by atoms with E-state index in [9.17, 15) is 4.79 Å². The van der Waals surface area contributed by atoms with Crippen LogP contribution in [0.4, 0.5) is 5.69 Å². The Hall–Kier alpha value is -3.78. The zero-order valence-corrected chi connectivity index (χ0v) is 17.1. The van der Waals surface area contributed by atoms with E-state index in [1.54, 1.807) is 24.3 Å². The molecule has 0 saturated carbocycles. The Labute approximate surface area is 176 Å².